The Balaban J connectivity index is -0.000000000147. The van der Waals surface area contributed by atoms with E-state index in [0.717, 1.165) is 0 Å². The Morgan fingerprint density at radius 2 is 0.500 bits per heavy atom. The molecular formula is C2H6Cl14NbOTaW. The quantitative estimate of drug-likeness (QED) is 0.240. The molecule has 0 saturated carbocycles. The van der Waals surface area contributed by atoms with Gasteiger partial charge < -0.3 is 179 Å². The van der Waals surface area contributed by atoms with Crippen LogP contribution >= 0.6 is 0 Å². The van der Waals surface area contributed by atoms with E-state index in [1.54, 1.807) is 6.92 Å². The van der Waals surface area contributed by atoms with E-state index in [9.17, 15) is 0 Å². The summed E-state index contributed by atoms with van der Waals surface area (Å²) in [6, 6.07) is 0. The van der Waals surface area contributed by atoms with Gasteiger partial charge in [-0.3, -0.25) is 0 Å². The molecule has 0 radical (unpaired) electrons. The molecule has 0 heterocycles. The Hall–Kier alpha value is 6.19. The standard InChI is InChI=1S/C2H6O.14ClH.Nb.Ta.W/c1-2-3;;;;;;;;;;;;;;;;;/h3H,2H2,1H3;14*1H;;;/q;;;;;;;;;;;;;;;2*+5;+4/p-14. The van der Waals surface area contributed by atoms with Gasteiger partial charge in [0.05, 0.1) is 0 Å². The van der Waals surface area contributed by atoms with Crippen LogP contribution in [0.3, 0.4) is 0 Å². The molecule has 0 aromatic rings. The van der Waals surface area contributed by atoms with Gasteiger partial charge >= 0.3 is 65.8 Å². The maximum absolute atomic E-state index is 7.57. The second-order valence-electron chi connectivity index (χ2n) is 0.316. The van der Waals surface area contributed by atoms with E-state index < -0.39 is 0 Å². The van der Waals surface area contributed by atoms with E-state index in [-0.39, 0.29) is 246 Å². The van der Waals surface area contributed by atoms with Crippen LogP contribution in [-0.2, 0) is 65.8 Å². The first-order valence-electron chi connectivity index (χ1n) is 1.02. The number of halogens is 14. The van der Waals surface area contributed by atoms with Crippen LogP contribution in [-0.4, -0.2) is 11.7 Å². The largest absolute Gasteiger partial charge is 5.00 e. The molecule has 0 aliphatic carbocycles. The third kappa shape index (κ3) is 340. The molecule has 0 amide bonds. The summed E-state index contributed by atoms with van der Waals surface area (Å²) in [6.07, 6.45) is 0. The molecule has 0 fully saturated rings. The fourth-order valence-electron chi connectivity index (χ4n) is 0. The molecule has 1 N–H and O–H groups in total. The Morgan fingerprint density at radius 3 is 0.500 bits per heavy atom. The third-order valence-corrected chi connectivity index (χ3v) is 0. The van der Waals surface area contributed by atoms with Crippen molar-refractivity contribution in [3.8, 4) is 0 Å². The molecule has 0 atom stereocenters. The van der Waals surface area contributed by atoms with E-state index in [0.29, 0.717) is 0 Å². The van der Waals surface area contributed by atoms with Gasteiger partial charge in [0, 0.05) is 6.61 Å². The first-order chi connectivity index (χ1) is 1.41. The maximum Gasteiger partial charge on any atom is 5.00 e. The molecule has 20 heavy (non-hydrogen) atoms. The molecular weight excluding hydrogens is 994 g/mol. The van der Waals surface area contributed by atoms with Crippen LogP contribution in [0.4, 0.5) is 0 Å². The van der Waals surface area contributed by atoms with Gasteiger partial charge in [-0.2, -0.15) is 0 Å². The van der Waals surface area contributed by atoms with Crippen LogP contribution in [0.2, 0.25) is 0 Å². The van der Waals surface area contributed by atoms with Gasteiger partial charge in [0.25, 0.3) is 0 Å². The Kier molecular flexibility index (Phi) is 3530. The summed E-state index contributed by atoms with van der Waals surface area (Å²) < 4.78 is 0. The number of hydrogen-bond acceptors (Lipinski definition) is 1. The second-order valence-corrected chi connectivity index (χ2v) is 0.316. The van der Waals surface area contributed by atoms with Crippen molar-refractivity contribution in [1.82, 2.24) is 0 Å². The summed E-state index contributed by atoms with van der Waals surface area (Å²) >= 11 is 0. The smallest absolute Gasteiger partial charge is 1.00 e. The van der Waals surface area contributed by atoms with Crippen LogP contribution in [0.1, 0.15) is 6.92 Å². The van der Waals surface area contributed by atoms with Crippen LogP contribution in [0.5, 0.6) is 0 Å². The second kappa shape index (κ2) is 285. The van der Waals surface area contributed by atoms with E-state index in [1.165, 1.54) is 0 Å². The first-order valence-corrected chi connectivity index (χ1v) is 1.02. The molecule has 0 aromatic carbocycles. The zero-order valence-electron chi connectivity index (χ0n) is 8.75. The molecule has 0 saturated heterocycles. The average Bonchev–Trinajstić information content (AvgIpc) is 0.918. The number of hydrogen-bond donors (Lipinski definition) is 1. The van der Waals surface area contributed by atoms with E-state index in [4.69, 9.17) is 5.11 Å². The van der Waals surface area contributed by atoms with Gasteiger partial charge in [-0.05, 0) is 6.92 Å². The molecule has 0 bridgehead atoms. The molecule has 0 aliphatic rings. The fraction of sp³-hybridized carbons (Fsp3) is 1.00. The molecule has 18 heteroatoms. The zero-order valence-corrected chi connectivity index (χ0v) is 27.7. The Labute approximate surface area is 254 Å². The van der Waals surface area contributed by atoms with Crippen molar-refractivity contribution in [1.29, 1.82) is 0 Å². The minimum absolute atomic E-state index is 0. The van der Waals surface area contributed by atoms with Crippen LogP contribution in [0, 0.1) is 0 Å². The summed E-state index contributed by atoms with van der Waals surface area (Å²) in [7, 11) is 0. The van der Waals surface area contributed by atoms with E-state index >= 15 is 0 Å². The number of rotatable bonds is 0. The third-order valence-electron chi connectivity index (χ3n) is 0. The summed E-state index contributed by atoms with van der Waals surface area (Å²) in [6.45, 7) is 1.93. The molecule has 134 valence electrons. The SMILES string of the molecule is CCO.[Cl-].[Cl-].[Cl-].[Cl-].[Cl-].[Cl-].[Cl-].[Cl-].[Cl-].[Cl-].[Cl-].[Cl-].[Cl-].[Cl-].[Nb+5].[Ta+5].[W+4]. The summed E-state index contributed by atoms with van der Waals surface area (Å²) in [5.74, 6) is 0. The predicted octanol–water partition coefficient (Wildman–Crippen LogP) is -42.0. The van der Waals surface area contributed by atoms with Crippen molar-refractivity contribution in [3.63, 3.8) is 0 Å². The topological polar surface area (TPSA) is 20.2 Å². The van der Waals surface area contributed by atoms with Crippen molar-refractivity contribution >= 4 is 0 Å². The van der Waals surface area contributed by atoms with E-state index in [2.05, 4.69) is 0 Å². The van der Waals surface area contributed by atoms with Crippen LogP contribution in [0.15, 0.2) is 0 Å². The van der Waals surface area contributed by atoms with Gasteiger partial charge in [0.1, 0.15) is 0 Å². The normalized spacial score (nSPS) is 0.900. The van der Waals surface area contributed by atoms with Crippen LogP contribution < -0.4 is 174 Å². The Bertz CT molecular complexity index is 31.1. The van der Waals surface area contributed by atoms with Crippen molar-refractivity contribution in [2.75, 3.05) is 6.61 Å². The minimum atomic E-state index is 0. The summed E-state index contributed by atoms with van der Waals surface area (Å²) in [5, 5.41) is 7.57. The fourth-order valence-corrected chi connectivity index (χ4v) is 0. The monoisotopic (exact) mass is 993 g/mol. The Morgan fingerprint density at radius 1 is 0.500 bits per heavy atom. The molecule has 0 unspecified atom stereocenters. The molecule has 0 aromatic heterocycles. The minimum Gasteiger partial charge on any atom is -1.00 e. The molecule has 0 spiro atoms. The average molecular weight is 1000 g/mol. The molecule has 1 nitrogen and oxygen atoms in total. The predicted molar refractivity (Wildman–Crippen MR) is 12.8 cm³/mol. The van der Waals surface area contributed by atoms with Crippen molar-refractivity contribution in [2.45, 2.75) is 6.92 Å². The maximum atomic E-state index is 7.57. The van der Waals surface area contributed by atoms with Crippen LogP contribution in [0.25, 0.3) is 0 Å². The summed E-state index contributed by atoms with van der Waals surface area (Å²) in [5.41, 5.74) is 0. The van der Waals surface area contributed by atoms with Gasteiger partial charge in [0.15, 0.2) is 0 Å². The van der Waals surface area contributed by atoms with Crippen molar-refractivity contribution < 1.29 is 245 Å². The number of aliphatic hydroxyl groups is 1. The van der Waals surface area contributed by atoms with Gasteiger partial charge in [-0.15, -0.1) is 0 Å². The van der Waals surface area contributed by atoms with E-state index in [1.807, 2.05) is 0 Å². The molecule has 0 rings (SSSR count). The molecule has 0 aliphatic heterocycles. The van der Waals surface area contributed by atoms with Crippen molar-refractivity contribution in [2.24, 2.45) is 0 Å². The summed E-state index contributed by atoms with van der Waals surface area (Å²) in [4.78, 5) is 0. The van der Waals surface area contributed by atoms with Gasteiger partial charge in [-0.1, -0.05) is 0 Å². The number of aliphatic hydroxyl groups excluding tert-OH is 1. The van der Waals surface area contributed by atoms with Gasteiger partial charge in [-0.25, -0.2) is 0 Å². The van der Waals surface area contributed by atoms with Crippen molar-refractivity contribution in [3.05, 3.63) is 0 Å². The first kappa shape index (κ1) is 248. The zero-order chi connectivity index (χ0) is 2.71. The van der Waals surface area contributed by atoms with Gasteiger partial charge in [0.2, 0.25) is 0 Å².